The van der Waals surface area contributed by atoms with E-state index in [0.29, 0.717) is 12.1 Å². The maximum Gasteiger partial charge on any atom is 0.185 e. The lowest BCUT2D eigenvalue weighted by Gasteiger charge is -2.22. The van der Waals surface area contributed by atoms with E-state index in [1.165, 1.54) is 4.88 Å². The Balaban J connectivity index is 2.70. The van der Waals surface area contributed by atoms with Crippen molar-refractivity contribution in [3.8, 4) is 0 Å². The fourth-order valence-corrected chi connectivity index (χ4v) is 2.52. The van der Waals surface area contributed by atoms with Crippen LogP contribution < -0.4 is 10.2 Å². The topological polar surface area (TPSA) is 28.2 Å². The molecule has 0 aromatic carbocycles. The Labute approximate surface area is 103 Å². The largest absolute Gasteiger partial charge is 0.348 e. The summed E-state index contributed by atoms with van der Waals surface area (Å²) >= 11 is 1.79. The molecule has 16 heavy (non-hydrogen) atoms. The molecule has 0 spiro atoms. The first-order valence-corrected chi connectivity index (χ1v) is 6.83. The van der Waals surface area contributed by atoms with Crippen molar-refractivity contribution < 1.29 is 0 Å². The van der Waals surface area contributed by atoms with E-state index in [1.54, 1.807) is 11.3 Å². The Morgan fingerprint density at radius 3 is 2.69 bits per heavy atom. The van der Waals surface area contributed by atoms with Crippen molar-refractivity contribution in [2.24, 2.45) is 0 Å². The lowest BCUT2D eigenvalue weighted by atomic mass is 10.2. The van der Waals surface area contributed by atoms with Crippen LogP contribution in [0.4, 0.5) is 5.13 Å². The number of rotatable bonds is 6. The van der Waals surface area contributed by atoms with Crippen molar-refractivity contribution in [3.05, 3.63) is 11.1 Å². The number of hydrogen-bond donors (Lipinski definition) is 1. The summed E-state index contributed by atoms with van der Waals surface area (Å²) < 4.78 is 0. The molecule has 2 atom stereocenters. The molecule has 1 aromatic rings. The number of nitrogens with zero attached hydrogens (tertiary/aromatic N) is 2. The van der Waals surface area contributed by atoms with Gasteiger partial charge >= 0.3 is 0 Å². The minimum atomic E-state index is 0.404. The number of thiazole rings is 1. The van der Waals surface area contributed by atoms with Gasteiger partial charge in [0.1, 0.15) is 0 Å². The molecule has 0 saturated carbocycles. The summed E-state index contributed by atoms with van der Waals surface area (Å²) in [6.45, 7) is 9.75. The van der Waals surface area contributed by atoms with Gasteiger partial charge in [0, 0.05) is 30.2 Å². The summed E-state index contributed by atoms with van der Waals surface area (Å²) in [5, 5.41) is 4.53. The Kier molecular flexibility index (Phi) is 5.22. The third-order valence-corrected chi connectivity index (χ3v) is 4.27. The summed E-state index contributed by atoms with van der Waals surface area (Å²) in [7, 11) is 2.12. The molecule has 0 aliphatic heterocycles. The zero-order valence-corrected chi connectivity index (χ0v) is 11.8. The van der Waals surface area contributed by atoms with Gasteiger partial charge in [0.15, 0.2) is 5.13 Å². The SMILES string of the molecule is CCNC(C)c1cnc(N(C)C(C)CC)s1. The van der Waals surface area contributed by atoms with Crippen LogP contribution in [0.5, 0.6) is 0 Å². The third-order valence-electron chi connectivity index (χ3n) is 3.00. The zero-order valence-electron chi connectivity index (χ0n) is 10.9. The van der Waals surface area contributed by atoms with Crippen molar-refractivity contribution in [2.45, 2.75) is 46.2 Å². The maximum atomic E-state index is 4.49. The third kappa shape index (κ3) is 3.19. The molecule has 0 bridgehead atoms. The fraction of sp³-hybridized carbons (Fsp3) is 0.750. The lowest BCUT2D eigenvalue weighted by Crippen LogP contribution is -2.27. The smallest absolute Gasteiger partial charge is 0.185 e. The van der Waals surface area contributed by atoms with Gasteiger partial charge in [-0.2, -0.15) is 0 Å². The van der Waals surface area contributed by atoms with Gasteiger partial charge in [-0.3, -0.25) is 0 Å². The van der Waals surface area contributed by atoms with Crippen LogP contribution in [0.15, 0.2) is 6.20 Å². The van der Waals surface area contributed by atoms with Gasteiger partial charge < -0.3 is 10.2 Å². The molecular formula is C12H23N3S. The number of nitrogens with one attached hydrogen (secondary N) is 1. The Morgan fingerprint density at radius 2 is 2.12 bits per heavy atom. The van der Waals surface area contributed by atoms with Crippen LogP contribution in [0.25, 0.3) is 0 Å². The van der Waals surface area contributed by atoms with Gasteiger partial charge in [-0.15, -0.1) is 11.3 Å². The predicted molar refractivity (Wildman–Crippen MR) is 72.4 cm³/mol. The minimum Gasteiger partial charge on any atom is -0.348 e. The lowest BCUT2D eigenvalue weighted by molar-refractivity contribution is 0.606. The molecule has 0 radical (unpaired) electrons. The predicted octanol–water partition coefficient (Wildman–Crippen LogP) is 3.05. The van der Waals surface area contributed by atoms with Crippen molar-refractivity contribution >= 4 is 16.5 Å². The first-order valence-electron chi connectivity index (χ1n) is 6.02. The highest BCUT2D eigenvalue weighted by Gasteiger charge is 2.14. The molecule has 0 saturated heterocycles. The van der Waals surface area contributed by atoms with Crippen molar-refractivity contribution in [1.82, 2.24) is 10.3 Å². The second kappa shape index (κ2) is 6.21. The molecule has 2 unspecified atom stereocenters. The molecule has 0 fully saturated rings. The molecule has 3 nitrogen and oxygen atoms in total. The molecule has 0 aliphatic rings. The van der Waals surface area contributed by atoms with Crippen molar-refractivity contribution in [3.63, 3.8) is 0 Å². The fourth-order valence-electron chi connectivity index (χ4n) is 1.51. The highest BCUT2D eigenvalue weighted by molar-refractivity contribution is 7.15. The van der Waals surface area contributed by atoms with E-state index < -0.39 is 0 Å². The average molecular weight is 241 g/mol. The highest BCUT2D eigenvalue weighted by atomic mass is 32.1. The van der Waals surface area contributed by atoms with Crippen LogP contribution >= 0.6 is 11.3 Å². The molecular weight excluding hydrogens is 218 g/mol. The highest BCUT2D eigenvalue weighted by Crippen LogP contribution is 2.27. The van der Waals surface area contributed by atoms with Crippen LogP contribution in [0.1, 0.15) is 45.0 Å². The van der Waals surface area contributed by atoms with E-state index in [9.17, 15) is 0 Å². The van der Waals surface area contributed by atoms with E-state index in [0.717, 1.165) is 18.1 Å². The quantitative estimate of drug-likeness (QED) is 0.829. The van der Waals surface area contributed by atoms with Crippen LogP contribution in [-0.4, -0.2) is 24.6 Å². The second-order valence-corrected chi connectivity index (χ2v) is 5.23. The normalized spacial score (nSPS) is 14.8. The first kappa shape index (κ1) is 13.5. The van der Waals surface area contributed by atoms with E-state index >= 15 is 0 Å². The summed E-state index contributed by atoms with van der Waals surface area (Å²) in [5.74, 6) is 0. The summed E-state index contributed by atoms with van der Waals surface area (Å²) in [6, 6.07) is 0.954. The van der Waals surface area contributed by atoms with Crippen molar-refractivity contribution in [2.75, 3.05) is 18.5 Å². The monoisotopic (exact) mass is 241 g/mol. The van der Waals surface area contributed by atoms with Crippen LogP contribution in [0, 0.1) is 0 Å². The molecule has 0 aliphatic carbocycles. The number of aromatic nitrogens is 1. The summed E-state index contributed by atoms with van der Waals surface area (Å²) in [5.41, 5.74) is 0. The molecule has 1 heterocycles. The molecule has 0 amide bonds. The van der Waals surface area contributed by atoms with Gasteiger partial charge in [-0.05, 0) is 26.8 Å². The van der Waals surface area contributed by atoms with E-state index in [1.807, 2.05) is 6.20 Å². The van der Waals surface area contributed by atoms with Gasteiger partial charge in [0.2, 0.25) is 0 Å². The summed E-state index contributed by atoms with van der Waals surface area (Å²) in [6.07, 6.45) is 3.14. The molecule has 1 aromatic heterocycles. The Hall–Kier alpha value is -0.610. The first-order chi connectivity index (χ1) is 7.60. The number of hydrogen-bond acceptors (Lipinski definition) is 4. The second-order valence-electron chi connectivity index (χ2n) is 4.19. The van der Waals surface area contributed by atoms with Gasteiger partial charge in [-0.1, -0.05) is 13.8 Å². The van der Waals surface area contributed by atoms with Gasteiger partial charge in [-0.25, -0.2) is 4.98 Å². The van der Waals surface area contributed by atoms with Crippen LogP contribution in [0.3, 0.4) is 0 Å². The number of anilines is 1. The van der Waals surface area contributed by atoms with Gasteiger partial charge in [0.05, 0.1) is 0 Å². The van der Waals surface area contributed by atoms with Crippen LogP contribution in [0.2, 0.25) is 0 Å². The van der Waals surface area contributed by atoms with Crippen LogP contribution in [-0.2, 0) is 0 Å². The Bertz CT molecular complexity index is 311. The van der Waals surface area contributed by atoms with Crippen molar-refractivity contribution in [1.29, 1.82) is 0 Å². The van der Waals surface area contributed by atoms with E-state index in [-0.39, 0.29) is 0 Å². The molecule has 1 N–H and O–H groups in total. The molecule has 1 rings (SSSR count). The summed E-state index contributed by atoms with van der Waals surface area (Å²) in [4.78, 5) is 8.06. The van der Waals surface area contributed by atoms with E-state index in [4.69, 9.17) is 0 Å². The Morgan fingerprint density at radius 1 is 1.44 bits per heavy atom. The molecule has 92 valence electrons. The van der Waals surface area contributed by atoms with E-state index in [2.05, 4.69) is 49.9 Å². The standard InChI is InChI=1S/C12H23N3S/c1-6-9(3)15(5)12-14-8-11(16-12)10(4)13-7-2/h8-10,13H,6-7H2,1-5H3. The zero-order chi connectivity index (χ0) is 12.1. The average Bonchev–Trinajstić information content (AvgIpc) is 2.76. The van der Waals surface area contributed by atoms with Gasteiger partial charge in [0.25, 0.3) is 0 Å². The molecule has 4 heteroatoms. The maximum absolute atomic E-state index is 4.49. The minimum absolute atomic E-state index is 0.404.